The average molecular weight is 347 g/mol. The van der Waals surface area contributed by atoms with E-state index in [1.807, 2.05) is 6.92 Å². The van der Waals surface area contributed by atoms with E-state index in [4.69, 9.17) is 23.2 Å². The second-order valence-electron chi connectivity index (χ2n) is 4.79. The molecule has 0 aromatic heterocycles. The van der Waals surface area contributed by atoms with Gasteiger partial charge < -0.3 is 15.7 Å². The largest absolute Gasteiger partial charge is 0.387 e. The van der Waals surface area contributed by atoms with Crippen molar-refractivity contribution in [1.29, 1.82) is 0 Å². The van der Waals surface area contributed by atoms with Crippen LogP contribution in [0.1, 0.15) is 37.9 Å². The average Bonchev–Trinajstić information content (AvgIpc) is 2.45. The summed E-state index contributed by atoms with van der Waals surface area (Å²) in [6, 6.07) is 4.78. The van der Waals surface area contributed by atoms with Crippen molar-refractivity contribution in [1.82, 2.24) is 10.6 Å². The van der Waals surface area contributed by atoms with Crippen LogP contribution in [0.15, 0.2) is 18.2 Å². The molecule has 2 amide bonds. The van der Waals surface area contributed by atoms with Crippen molar-refractivity contribution in [3.8, 4) is 0 Å². The Hall–Kier alpha value is -1.30. The molecular formula is C15H20Cl2N2O3. The highest BCUT2D eigenvalue weighted by atomic mass is 35.5. The van der Waals surface area contributed by atoms with Crippen LogP contribution < -0.4 is 10.6 Å². The Morgan fingerprint density at radius 1 is 1.18 bits per heavy atom. The van der Waals surface area contributed by atoms with Crippen molar-refractivity contribution in [2.24, 2.45) is 0 Å². The lowest BCUT2D eigenvalue weighted by molar-refractivity contribution is -0.122. The molecule has 1 unspecified atom stereocenters. The Morgan fingerprint density at radius 2 is 1.82 bits per heavy atom. The summed E-state index contributed by atoms with van der Waals surface area (Å²) < 4.78 is 0. The van der Waals surface area contributed by atoms with Gasteiger partial charge in [-0.15, -0.1) is 0 Å². The van der Waals surface area contributed by atoms with Gasteiger partial charge in [0, 0.05) is 41.5 Å². The molecule has 7 heteroatoms. The monoisotopic (exact) mass is 346 g/mol. The number of carbonyl (C=O) groups excluding carboxylic acids is 2. The lowest BCUT2D eigenvalue weighted by Gasteiger charge is -2.14. The normalized spacial score (nSPS) is 11.8. The number of amides is 2. The van der Waals surface area contributed by atoms with Gasteiger partial charge in [-0.1, -0.05) is 29.3 Å². The SMILES string of the molecule is CCNC(=O)CCCC(=O)NCC(O)c1ccc(Cl)cc1Cl. The van der Waals surface area contributed by atoms with Crippen molar-refractivity contribution in [2.45, 2.75) is 32.3 Å². The van der Waals surface area contributed by atoms with Crippen LogP contribution in [0.3, 0.4) is 0 Å². The molecule has 3 N–H and O–H groups in total. The lowest BCUT2D eigenvalue weighted by Crippen LogP contribution is -2.29. The van der Waals surface area contributed by atoms with Gasteiger partial charge in [-0.05, 0) is 25.5 Å². The maximum Gasteiger partial charge on any atom is 0.220 e. The van der Waals surface area contributed by atoms with Crippen molar-refractivity contribution >= 4 is 35.0 Å². The summed E-state index contributed by atoms with van der Waals surface area (Å²) in [5, 5.41) is 16.1. The summed E-state index contributed by atoms with van der Waals surface area (Å²) in [6.07, 6.45) is 0.109. The first-order valence-corrected chi connectivity index (χ1v) is 7.86. The van der Waals surface area contributed by atoms with Gasteiger partial charge in [0.05, 0.1) is 6.10 Å². The molecule has 0 aliphatic rings. The first-order valence-electron chi connectivity index (χ1n) is 7.10. The summed E-state index contributed by atoms with van der Waals surface area (Å²) in [5.41, 5.74) is 0.508. The standard InChI is InChI=1S/C15H20Cl2N2O3/c1-2-18-14(21)4-3-5-15(22)19-9-13(20)11-7-6-10(16)8-12(11)17/h6-8,13,20H,2-5,9H2,1H3,(H,18,21)(H,19,22). The summed E-state index contributed by atoms with van der Waals surface area (Å²) in [7, 11) is 0. The van der Waals surface area contributed by atoms with Crippen LogP contribution in [0.2, 0.25) is 10.0 Å². The number of nitrogens with one attached hydrogen (secondary N) is 2. The molecule has 0 saturated carbocycles. The lowest BCUT2D eigenvalue weighted by atomic mass is 10.1. The molecule has 0 aliphatic heterocycles. The fourth-order valence-corrected chi connectivity index (χ4v) is 2.41. The van der Waals surface area contributed by atoms with E-state index in [9.17, 15) is 14.7 Å². The quantitative estimate of drug-likeness (QED) is 0.676. The molecule has 0 heterocycles. The fraction of sp³-hybridized carbons (Fsp3) is 0.467. The summed E-state index contributed by atoms with van der Waals surface area (Å²) in [5.74, 6) is -0.281. The smallest absolute Gasteiger partial charge is 0.220 e. The zero-order valence-electron chi connectivity index (χ0n) is 12.4. The van der Waals surface area contributed by atoms with Crippen molar-refractivity contribution in [3.05, 3.63) is 33.8 Å². The number of hydrogen-bond acceptors (Lipinski definition) is 3. The van der Waals surface area contributed by atoms with Crippen LogP contribution >= 0.6 is 23.2 Å². The maximum atomic E-state index is 11.6. The number of benzene rings is 1. The molecule has 1 atom stereocenters. The highest BCUT2D eigenvalue weighted by Gasteiger charge is 2.13. The predicted molar refractivity (Wildman–Crippen MR) is 87.0 cm³/mol. The second kappa shape index (κ2) is 9.66. The van der Waals surface area contributed by atoms with Gasteiger partial charge in [0.25, 0.3) is 0 Å². The van der Waals surface area contributed by atoms with Crippen molar-refractivity contribution < 1.29 is 14.7 Å². The van der Waals surface area contributed by atoms with Crippen LogP contribution in [0.25, 0.3) is 0 Å². The summed E-state index contributed by atoms with van der Waals surface area (Å²) >= 11 is 11.8. The number of aliphatic hydroxyl groups is 1. The highest BCUT2D eigenvalue weighted by Crippen LogP contribution is 2.25. The molecule has 0 saturated heterocycles. The Morgan fingerprint density at radius 3 is 2.41 bits per heavy atom. The Labute approximate surface area is 140 Å². The third-order valence-electron chi connectivity index (χ3n) is 3.00. The van der Waals surface area contributed by atoms with Gasteiger partial charge in [-0.3, -0.25) is 9.59 Å². The van der Waals surface area contributed by atoms with Crippen LogP contribution in [0, 0.1) is 0 Å². The van der Waals surface area contributed by atoms with Crippen LogP contribution in [0.5, 0.6) is 0 Å². The van der Waals surface area contributed by atoms with Gasteiger partial charge >= 0.3 is 0 Å². The molecule has 22 heavy (non-hydrogen) atoms. The molecule has 0 spiro atoms. The molecular weight excluding hydrogens is 327 g/mol. The molecule has 1 aromatic rings. The Bertz CT molecular complexity index is 524. The summed E-state index contributed by atoms with van der Waals surface area (Å²) in [4.78, 5) is 22.9. The van der Waals surface area contributed by atoms with Crippen LogP contribution in [-0.4, -0.2) is 30.0 Å². The molecule has 1 rings (SSSR count). The van der Waals surface area contributed by atoms with E-state index in [1.54, 1.807) is 12.1 Å². The Kier molecular flexibility index (Phi) is 8.24. The van der Waals surface area contributed by atoms with Crippen molar-refractivity contribution in [3.63, 3.8) is 0 Å². The molecule has 0 aliphatic carbocycles. The van der Waals surface area contributed by atoms with Gasteiger partial charge in [0.1, 0.15) is 0 Å². The van der Waals surface area contributed by atoms with E-state index in [0.717, 1.165) is 0 Å². The highest BCUT2D eigenvalue weighted by molar-refractivity contribution is 6.35. The van der Waals surface area contributed by atoms with E-state index in [-0.39, 0.29) is 24.8 Å². The first-order chi connectivity index (χ1) is 10.4. The molecule has 122 valence electrons. The molecule has 1 aromatic carbocycles. The topological polar surface area (TPSA) is 78.4 Å². The fourth-order valence-electron chi connectivity index (χ4n) is 1.88. The second-order valence-corrected chi connectivity index (χ2v) is 5.64. The van der Waals surface area contributed by atoms with Gasteiger partial charge in [-0.2, -0.15) is 0 Å². The van der Waals surface area contributed by atoms with E-state index >= 15 is 0 Å². The minimum absolute atomic E-state index is 0.0569. The molecule has 0 radical (unpaired) electrons. The number of carbonyl (C=O) groups is 2. The van der Waals surface area contributed by atoms with Crippen LogP contribution in [0.4, 0.5) is 0 Å². The van der Waals surface area contributed by atoms with Crippen molar-refractivity contribution in [2.75, 3.05) is 13.1 Å². The minimum Gasteiger partial charge on any atom is -0.387 e. The number of hydrogen-bond donors (Lipinski definition) is 3. The zero-order chi connectivity index (χ0) is 16.5. The van der Waals surface area contributed by atoms with E-state index < -0.39 is 6.10 Å². The minimum atomic E-state index is -0.905. The number of rotatable bonds is 8. The van der Waals surface area contributed by atoms with Crippen LogP contribution in [-0.2, 0) is 9.59 Å². The zero-order valence-corrected chi connectivity index (χ0v) is 13.9. The summed E-state index contributed by atoms with van der Waals surface area (Å²) in [6.45, 7) is 2.48. The third-order valence-corrected chi connectivity index (χ3v) is 3.56. The maximum absolute atomic E-state index is 11.6. The van der Waals surface area contributed by atoms with Gasteiger partial charge in [0.2, 0.25) is 11.8 Å². The van der Waals surface area contributed by atoms with Gasteiger partial charge in [-0.25, -0.2) is 0 Å². The molecule has 5 nitrogen and oxygen atoms in total. The number of halogens is 2. The number of aliphatic hydroxyl groups excluding tert-OH is 1. The van der Waals surface area contributed by atoms with E-state index in [2.05, 4.69) is 10.6 Å². The van der Waals surface area contributed by atoms with Gasteiger partial charge in [0.15, 0.2) is 0 Å². The Balaban J connectivity index is 2.32. The third kappa shape index (κ3) is 6.64. The molecule has 0 fully saturated rings. The van der Waals surface area contributed by atoms with E-state index in [1.165, 1.54) is 6.07 Å². The predicted octanol–water partition coefficient (Wildman–Crippen LogP) is 2.45. The first kappa shape index (κ1) is 18.7. The molecule has 0 bridgehead atoms. The van der Waals surface area contributed by atoms with E-state index in [0.29, 0.717) is 35.0 Å².